The SMILES string of the molecule is O=C(C[C@@H]1CCN2C[C@@H]1/C=C/COc1ccccc1CN(C1CCCC1)CC2=O)N1CC[C@@H](O)C1. The van der Waals surface area contributed by atoms with Gasteiger partial charge < -0.3 is 19.6 Å². The molecule has 1 N–H and O–H groups in total. The minimum atomic E-state index is -0.397. The Morgan fingerprint density at radius 1 is 1.03 bits per heavy atom. The molecule has 35 heavy (non-hydrogen) atoms. The lowest BCUT2D eigenvalue weighted by atomic mass is 9.82. The molecule has 1 aromatic carbocycles. The Kier molecular flexibility index (Phi) is 7.73. The summed E-state index contributed by atoms with van der Waals surface area (Å²) >= 11 is 0. The van der Waals surface area contributed by atoms with E-state index < -0.39 is 6.10 Å². The van der Waals surface area contributed by atoms with Crippen molar-refractivity contribution in [2.75, 3.05) is 39.3 Å². The Morgan fingerprint density at radius 2 is 1.86 bits per heavy atom. The lowest BCUT2D eigenvalue weighted by Crippen LogP contribution is -2.49. The van der Waals surface area contributed by atoms with Crippen molar-refractivity contribution < 1.29 is 19.4 Å². The standard InChI is InChI=1S/C28H39N3O4/c32-25-12-14-30(19-25)27(33)16-21-11-13-29-17-22(21)7-5-15-35-26-10-4-1-6-23(26)18-31(20-28(29)34)24-8-2-3-9-24/h1,4-7,10,21-22,24-25,32H,2-3,8-9,11-20H2/b7-5+/t21-,22-,25+/m0/s1. The molecule has 7 nitrogen and oxygen atoms in total. The highest BCUT2D eigenvalue weighted by Crippen LogP contribution is 2.31. The van der Waals surface area contributed by atoms with Crippen LogP contribution in [-0.2, 0) is 16.1 Å². The number of fused-ring (bicyclic) bond motifs is 3. The second-order valence-electron chi connectivity index (χ2n) is 10.7. The number of aliphatic hydroxyl groups is 1. The average Bonchev–Trinajstić information content (AvgIpc) is 3.55. The zero-order chi connectivity index (χ0) is 24.2. The van der Waals surface area contributed by atoms with Gasteiger partial charge >= 0.3 is 0 Å². The summed E-state index contributed by atoms with van der Waals surface area (Å²) in [6, 6.07) is 8.62. The molecule has 2 bridgehead atoms. The molecule has 2 amide bonds. The van der Waals surface area contributed by atoms with Crippen molar-refractivity contribution in [3.63, 3.8) is 0 Å². The second kappa shape index (κ2) is 11.1. The van der Waals surface area contributed by atoms with Crippen LogP contribution in [0.4, 0.5) is 0 Å². The Hall–Kier alpha value is -2.38. The fraction of sp³-hybridized carbons (Fsp3) is 0.643. The average molecular weight is 482 g/mol. The molecule has 7 heteroatoms. The van der Waals surface area contributed by atoms with Gasteiger partial charge in [0.05, 0.1) is 12.6 Å². The van der Waals surface area contributed by atoms with Crippen LogP contribution >= 0.6 is 0 Å². The van der Waals surface area contributed by atoms with Crippen LogP contribution in [0.1, 0.15) is 50.5 Å². The number of carbonyl (C=O) groups is 2. The van der Waals surface area contributed by atoms with Crippen molar-refractivity contribution in [2.24, 2.45) is 11.8 Å². The van der Waals surface area contributed by atoms with Crippen molar-refractivity contribution in [1.29, 1.82) is 0 Å². The van der Waals surface area contributed by atoms with E-state index in [1.807, 2.05) is 23.1 Å². The van der Waals surface area contributed by atoms with Crippen molar-refractivity contribution in [2.45, 2.75) is 63.6 Å². The fourth-order valence-electron chi connectivity index (χ4n) is 6.27. The largest absolute Gasteiger partial charge is 0.489 e. The van der Waals surface area contributed by atoms with Gasteiger partial charge in [-0.25, -0.2) is 0 Å². The first-order valence-corrected chi connectivity index (χ1v) is 13.4. The summed E-state index contributed by atoms with van der Waals surface area (Å²) in [5.74, 6) is 1.53. The van der Waals surface area contributed by atoms with E-state index in [4.69, 9.17) is 4.74 Å². The number of aliphatic hydroxyl groups excluding tert-OH is 1. The third-order valence-corrected chi connectivity index (χ3v) is 8.36. The number of piperidine rings is 1. The number of nitrogens with zero attached hydrogens (tertiary/aromatic N) is 3. The first-order valence-electron chi connectivity index (χ1n) is 13.4. The molecule has 190 valence electrons. The van der Waals surface area contributed by atoms with Gasteiger partial charge in [0.25, 0.3) is 0 Å². The smallest absolute Gasteiger partial charge is 0.236 e. The van der Waals surface area contributed by atoms with Gasteiger partial charge in [0, 0.05) is 50.7 Å². The van der Waals surface area contributed by atoms with Crippen LogP contribution in [0.2, 0.25) is 0 Å². The van der Waals surface area contributed by atoms with Gasteiger partial charge in [-0.05, 0) is 43.6 Å². The molecule has 3 heterocycles. The number of β-amino-alcohol motifs (C(OH)–C–C–N with tert-alkyl or cyclic N) is 1. The topological polar surface area (TPSA) is 73.3 Å². The van der Waals surface area contributed by atoms with E-state index in [0.29, 0.717) is 58.2 Å². The van der Waals surface area contributed by atoms with Crippen molar-refractivity contribution in [1.82, 2.24) is 14.7 Å². The van der Waals surface area contributed by atoms with Gasteiger partial charge in [-0.3, -0.25) is 14.5 Å². The normalized spacial score (nSPS) is 29.6. The molecular formula is C28H39N3O4. The highest BCUT2D eigenvalue weighted by molar-refractivity contribution is 5.79. The quantitative estimate of drug-likeness (QED) is 0.672. The maximum Gasteiger partial charge on any atom is 0.236 e. The number of amides is 2. The minimum Gasteiger partial charge on any atom is -0.489 e. The predicted molar refractivity (Wildman–Crippen MR) is 134 cm³/mol. The summed E-state index contributed by atoms with van der Waals surface area (Å²) in [6.07, 6.45) is 10.5. The van der Waals surface area contributed by atoms with Crippen LogP contribution in [-0.4, -0.2) is 83.1 Å². The molecular weight excluding hydrogens is 442 g/mol. The van der Waals surface area contributed by atoms with Crippen LogP contribution < -0.4 is 4.74 Å². The maximum absolute atomic E-state index is 13.5. The van der Waals surface area contributed by atoms with Gasteiger partial charge in [-0.15, -0.1) is 0 Å². The van der Waals surface area contributed by atoms with Crippen molar-refractivity contribution in [3.05, 3.63) is 42.0 Å². The van der Waals surface area contributed by atoms with E-state index in [0.717, 1.165) is 37.1 Å². The molecule has 4 aliphatic rings. The molecule has 1 aromatic rings. The maximum atomic E-state index is 13.5. The first-order chi connectivity index (χ1) is 17.1. The lowest BCUT2D eigenvalue weighted by Gasteiger charge is -2.39. The summed E-state index contributed by atoms with van der Waals surface area (Å²) in [5.41, 5.74) is 1.13. The number of benzene rings is 1. The van der Waals surface area contributed by atoms with E-state index in [1.165, 1.54) is 12.8 Å². The summed E-state index contributed by atoms with van der Waals surface area (Å²) in [6.45, 7) is 4.08. The Morgan fingerprint density at radius 3 is 2.66 bits per heavy atom. The van der Waals surface area contributed by atoms with Crippen LogP contribution in [0.3, 0.4) is 0 Å². The lowest BCUT2D eigenvalue weighted by molar-refractivity contribution is -0.136. The van der Waals surface area contributed by atoms with Gasteiger partial charge in [-0.1, -0.05) is 43.2 Å². The van der Waals surface area contributed by atoms with Gasteiger partial charge in [0.1, 0.15) is 12.4 Å². The number of hydrogen-bond acceptors (Lipinski definition) is 5. The minimum absolute atomic E-state index is 0.125. The fourth-order valence-corrected chi connectivity index (χ4v) is 6.27. The number of hydrogen-bond donors (Lipinski definition) is 1. The van der Waals surface area contributed by atoms with Gasteiger partial charge in [-0.2, -0.15) is 0 Å². The molecule has 3 atom stereocenters. The summed E-state index contributed by atoms with van der Waals surface area (Å²) in [4.78, 5) is 32.6. The number of para-hydroxylation sites is 1. The second-order valence-corrected chi connectivity index (χ2v) is 10.7. The zero-order valence-electron chi connectivity index (χ0n) is 20.7. The number of likely N-dealkylation sites (tertiary alicyclic amines) is 1. The molecule has 3 aliphatic heterocycles. The van der Waals surface area contributed by atoms with Crippen LogP contribution in [0.25, 0.3) is 0 Å². The Bertz CT molecular complexity index is 929. The van der Waals surface area contributed by atoms with E-state index in [9.17, 15) is 14.7 Å². The molecule has 1 saturated carbocycles. The van der Waals surface area contributed by atoms with Gasteiger partial charge in [0.15, 0.2) is 0 Å². The number of ether oxygens (including phenoxy) is 1. The van der Waals surface area contributed by atoms with E-state index in [1.54, 1.807) is 4.90 Å². The Labute approximate surface area is 208 Å². The molecule has 0 radical (unpaired) electrons. The molecule has 1 aliphatic carbocycles. The van der Waals surface area contributed by atoms with Crippen molar-refractivity contribution >= 4 is 11.8 Å². The van der Waals surface area contributed by atoms with Crippen LogP contribution in [0, 0.1) is 11.8 Å². The Balaban J connectivity index is 1.34. The molecule has 2 saturated heterocycles. The number of rotatable bonds is 3. The summed E-state index contributed by atoms with van der Waals surface area (Å²) in [7, 11) is 0. The molecule has 0 spiro atoms. The van der Waals surface area contributed by atoms with E-state index in [2.05, 4.69) is 23.1 Å². The monoisotopic (exact) mass is 481 g/mol. The van der Waals surface area contributed by atoms with E-state index in [-0.39, 0.29) is 23.7 Å². The highest BCUT2D eigenvalue weighted by atomic mass is 16.5. The third-order valence-electron chi connectivity index (χ3n) is 8.36. The first kappa shape index (κ1) is 24.3. The molecule has 0 aromatic heterocycles. The van der Waals surface area contributed by atoms with Gasteiger partial charge in [0.2, 0.25) is 11.8 Å². The van der Waals surface area contributed by atoms with E-state index >= 15 is 0 Å². The third kappa shape index (κ3) is 5.89. The predicted octanol–water partition coefficient (Wildman–Crippen LogP) is 2.83. The van der Waals surface area contributed by atoms with Crippen molar-refractivity contribution in [3.8, 4) is 5.75 Å². The van der Waals surface area contributed by atoms with Crippen LogP contribution in [0.15, 0.2) is 36.4 Å². The summed E-state index contributed by atoms with van der Waals surface area (Å²) in [5, 5.41) is 9.83. The molecule has 0 unspecified atom stereocenters. The van der Waals surface area contributed by atoms with Crippen LogP contribution in [0.5, 0.6) is 5.75 Å². The number of carbonyl (C=O) groups excluding carboxylic acids is 2. The molecule has 3 fully saturated rings. The highest BCUT2D eigenvalue weighted by Gasteiger charge is 2.35. The molecule has 5 rings (SSSR count). The summed E-state index contributed by atoms with van der Waals surface area (Å²) < 4.78 is 6.17. The zero-order valence-corrected chi connectivity index (χ0v) is 20.7.